The number of benzene rings is 1. The zero-order valence-electron chi connectivity index (χ0n) is 16.1. The highest BCUT2D eigenvalue weighted by molar-refractivity contribution is 5.87. The fraction of sp³-hybridized carbons (Fsp3) is 0.381. The molecule has 0 spiro atoms. The van der Waals surface area contributed by atoms with E-state index in [9.17, 15) is 4.79 Å². The minimum atomic E-state index is 0.0208. The van der Waals surface area contributed by atoms with Crippen molar-refractivity contribution >= 4 is 5.91 Å². The molecule has 0 bridgehead atoms. The van der Waals surface area contributed by atoms with Crippen LogP contribution in [0.1, 0.15) is 31.3 Å². The number of carbonyl (C=O) groups excluding carboxylic acids is 1. The van der Waals surface area contributed by atoms with E-state index in [0.29, 0.717) is 24.8 Å². The lowest BCUT2D eigenvalue weighted by Gasteiger charge is -2.36. The lowest BCUT2D eigenvalue weighted by atomic mass is 10.1. The van der Waals surface area contributed by atoms with Crippen LogP contribution in [0.5, 0.6) is 0 Å². The van der Waals surface area contributed by atoms with Gasteiger partial charge in [-0.1, -0.05) is 53.2 Å². The molecule has 0 radical (unpaired) electrons. The number of hydrogen-bond acceptors (Lipinski definition) is 5. The second-order valence-electron chi connectivity index (χ2n) is 6.74. The van der Waals surface area contributed by atoms with E-state index in [-0.39, 0.29) is 11.9 Å². The van der Waals surface area contributed by atoms with E-state index < -0.39 is 0 Å². The molecule has 1 saturated heterocycles. The van der Waals surface area contributed by atoms with Crippen molar-refractivity contribution in [1.29, 1.82) is 0 Å². The van der Waals surface area contributed by atoms with Gasteiger partial charge < -0.3 is 9.42 Å². The first-order valence-corrected chi connectivity index (χ1v) is 9.31. The van der Waals surface area contributed by atoms with Crippen molar-refractivity contribution < 1.29 is 9.32 Å². The molecule has 27 heavy (non-hydrogen) atoms. The van der Waals surface area contributed by atoms with E-state index in [0.717, 1.165) is 18.7 Å². The Balaban J connectivity index is 1.59. The summed E-state index contributed by atoms with van der Waals surface area (Å²) in [6.45, 7) is 9.00. The van der Waals surface area contributed by atoms with Crippen LogP contribution in [0.4, 0.5) is 0 Å². The third-order valence-electron chi connectivity index (χ3n) is 4.82. The minimum absolute atomic E-state index is 0.0208. The Morgan fingerprint density at radius 3 is 2.52 bits per heavy atom. The van der Waals surface area contributed by atoms with Crippen molar-refractivity contribution in [1.82, 2.24) is 19.9 Å². The molecule has 1 aliphatic heterocycles. The SMILES string of the molecule is C/C=C/C=C/C(=O)N1CCN(C(C)c2nc(-c3ccc(C)cc3)no2)CC1. The van der Waals surface area contributed by atoms with Crippen molar-refractivity contribution in [3.05, 3.63) is 60.0 Å². The van der Waals surface area contributed by atoms with Gasteiger partial charge in [-0.3, -0.25) is 9.69 Å². The highest BCUT2D eigenvalue weighted by atomic mass is 16.5. The Morgan fingerprint density at radius 2 is 1.85 bits per heavy atom. The molecule has 0 saturated carbocycles. The van der Waals surface area contributed by atoms with Crippen molar-refractivity contribution in [3.63, 3.8) is 0 Å². The van der Waals surface area contributed by atoms with Crippen LogP contribution in [-0.4, -0.2) is 52.0 Å². The van der Waals surface area contributed by atoms with Gasteiger partial charge in [0.2, 0.25) is 17.6 Å². The molecule has 2 aromatic rings. The number of carbonyl (C=O) groups is 1. The van der Waals surface area contributed by atoms with E-state index in [1.54, 1.807) is 12.2 Å². The van der Waals surface area contributed by atoms with E-state index >= 15 is 0 Å². The van der Waals surface area contributed by atoms with E-state index in [1.807, 2.05) is 55.2 Å². The van der Waals surface area contributed by atoms with Crippen LogP contribution >= 0.6 is 0 Å². The molecule has 142 valence electrons. The normalized spacial score (nSPS) is 17.1. The van der Waals surface area contributed by atoms with Gasteiger partial charge >= 0.3 is 0 Å². The number of allylic oxidation sites excluding steroid dienone is 3. The Labute approximate surface area is 160 Å². The molecule has 1 amide bonds. The Bertz CT molecular complexity index is 815. The van der Waals surface area contributed by atoms with Crippen molar-refractivity contribution in [2.45, 2.75) is 26.8 Å². The van der Waals surface area contributed by atoms with Crippen LogP contribution in [0.15, 0.2) is 53.1 Å². The third-order valence-corrected chi connectivity index (χ3v) is 4.82. The number of amides is 1. The number of aromatic nitrogens is 2. The van der Waals surface area contributed by atoms with E-state index in [2.05, 4.69) is 22.0 Å². The van der Waals surface area contributed by atoms with Crippen LogP contribution in [-0.2, 0) is 4.79 Å². The maximum absolute atomic E-state index is 12.1. The summed E-state index contributed by atoms with van der Waals surface area (Å²) in [5, 5.41) is 4.12. The van der Waals surface area contributed by atoms with Crippen molar-refractivity contribution in [3.8, 4) is 11.4 Å². The first-order chi connectivity index (χ1) is 13.1. The molecule has 1 aromatic heterocycles. The van der Waals surface area contributed by atoms with Gasteiger partial charge in [0, 0.05) is 37.8 Å². The lowest BCUT2D eigenvalue weighted by molar-refractivity contribution is -0.128. The van der Waals surface area contributed by atoms with Gasteiger partial charge in [0.05, 0.1) is 6.04 Å². The molecule has 0 aliphatic carbocycles. The van der Waals surface area contributed by atoms with Gasteiger partial charge in [0.25, 0.3) is 0 Å². The van der Waals surface area contributed by atoms with Gasteiger partial charge in [-0.2, -0.15) is 4.98 Å². The van der Waals surface area contributed by atoms with Crippen molar-refractivity contribution in [2.24, 2.45) is 0 Å². The molecule has 0 N–H and O–H groups in total. The zero-order chi connectivity index (χ0) is 19.2. The first kappa shape index (κ1) is 19.0. The highest BCUT2D eigenvalue weighted by Gasteiger charge is 2.27. The maximum Gasteiger partial charge on any atom is 0.246 e. The van der Waals surface area contributed by atoms with Gasteiger partial charge in [0.15, 0.2) is 0 Å². The van der Waals surface area contributed by atoms with Crippen LogP contribution in [0.3, 0.4) is 0 Å². The fourth-order valence-corrected chi connectivity index (χ4v) is 3.06. The summed E-state index contributed by atoms with van der Waals surface area (Å²) in [6, 6.07) is 8.10. The molecular formula is C21H26N4O2. The first-order valence-electron chi connectivity index (χ1n) is 9.31. The van der Waals surface area contributed by atoms with Gasteiger partial charge in [-0.05, 0) is 20.8 Å². The predicted molar refractivity (Wildman–Crippen MR) is 105 cm³/mol. The van der Waals surface area contributed by atoms with Crippen molar-refractivity contribution in [2.75, 3.05) is 26.2 Å². The molecule has 1 unspecified atom stereocenters. The Hall–Kier alpha value is -2.73. The second kappa shape index (κ2) is 8.77. The molecule has 6 nitrogen and oxygen atoms in total. The average molecular weight is 366 g/mol. The molecule has 1 atom stereocenters. The standard InChI is InChI=1S/C21H26N4O2/c1-4-5-6-7-19(26)25-14-12-24(13-15-25)17(3)21-22-20(23-27-21)18-10-8-16(2)9-11-18/h4-11,17H,12-15H2,1-3H3/b5-4+,7-6+. The summed E-state index contributed by atoms with van der Waals surface area (Å²) in [7, 11) is 0. The minimum Gasteiger partial charge on any atom is -0.337 e. The molecule has 1 aromatic carbocycles. The molecular weight excluding hydrogens is 340 g/mol. The topological polar surface area (TPSA) is 62.5 Å². The quantitative estimate of drug-likeness (QED) is 0.600. The predicted octanol–water partition coefficient (Wildman–Crippen LogP) is 3.38. The van der Waals surface area contributed by atoms with Gasteiger partial charge in [-0.15, -0.1) is 0 Å². The summed E-state index contributed by atoms with van der Waals surface area (Å²) < 4.78 is 5.50. The molecule has 2 heterocycles. The molecule has 6 heteroatoms. The number of nitrogens with zero attached hydrogens (tertiary/aromatic N) is 4. The summed E-state index contributed by atoms with van der Waals surface area (Å²) in [4.78, 5) is 20.9. The monoisotopic (exact) mass is 366 g/mol. The van der Waals surface area contributed by atoms with Crippen LogP contribution < -0.4 is 0 Å². The highest BCUT2D eigenvalue weighted by Crippen LogP contribution is 2.23. The maximum atomic E-state index is 12.1. The summed E-state index contributed by atoms with van der Waals surface area (Å²) in [5.74, 6) is 1.28. The lowest BCUT2D eigenvalue weighted by Crippen LogP contribution is -2.48. The Kier molecular flexibility index (Phi) is 6.19. The van der Waals surface area contributed by atoms with Crippen LogP contribution in [0.2, 0.25) is 0 Å². The fourth-order valence-electron chi connectivity index (χ4n) is 3.06. The van der Waals surface area contributed by atoms with Gasteiger partial charge in [-0.25, -0.2) is 0 Å². The second-order valence-corrected chi connectivity index (χ2v) is 6.74. The third kappa shape index (κ3) is 4.71. The number of aryl methyl sites for hydroxylation is 1. The molecule has 1 aliphatic rings. The molecule has 1 fully saturated rings. The Morgan fingerprint density at radius 1 is 1.15 bits per heavy atom. The van der Waals surface area contributed by atoms with Gasteiger partial charge in [0.1, 0.15) is 0 Å². The zero-order valence-corrected chi connectivity index (χ0v) is 16.1. The van der Waals surface area contributed by atoms with Crippen LogP contribution in [0.25, 0.3) is 11.4 Å². The van der Waals surface area contributed by atoms with E-state index in [1.165, 1.54) is 5.56 Å². The summed E-state index contributed by atoms with van der Waals surface area (Å²) >= 11 is 0. The summed E-state index contributed by atoms with van der Waals surface area (Å²) in [5.41, 5.74) is 2.15. The molecule has 3 rings (SSSR count). The van der Waals surface area contributed by atoms with E-state index in [4.69, 9.17) is 4.52 Å². The smallest absolute Gasteiger partial charge is 0.246 e. The summed E-state index contributed by atoms with van der Waals surface area (Å²) in [6.07, 6.45) is 7.16. The number of hydrogen-bond donors (Lipinski definition) is 0. The largest absolute Gasteiger partial charge is 0.337 e. The average Bonchev–Trinajstić information content (AvgIpc) is 3.18. The number of rotatable bonds is 5. The van der Waals surface area contributed by atoms with Crippen LogP contribution in [0, 0.1) is 6.92 Å². The number of piperazine rings is 1.